The normalized spacial score (nSPS) is 13.9. The van der Waals surface area contributed by atoms with E-state index in [1.165, 1.54) is 0 Å². The molecule has 0 aliphatic rings. The molecule has 0 heterocycles. The molecule has 0 saturated heterocycles. The molecule has 8 heavy (non-hydrogen) atoms. The van der Waals surface area contributed by atoms with Crippen LogP contribution < -0.4 is 5.73 Å². The monoisotopic (exact) mass is 119 g/mol. The van der Waals surface area contributed by atoms with Gasteiger partial charge in [0, 0.05) is 0 Å². The van der Waals surface area contributed by atoms with E-state index >= 15 is 0 Å². The van der Waals surface area contributed by atoms with Crippen molar-refractivity contribution in [3.05, 3.63) is 0 Å². The first-order valence-corrected chi connectivity index (χ1v) is 2.73. The van der Waals surface area contributed by atoms with Crippen molar-refractivity contribution in [3.63, 3.8) is 0 Å². The van der Waals surface area contributed by atoms with Crippen LogP contribution in [-0.4, -0.2) is 24.5 Å². The third kappa shape index (κ3) is 4.05. The second-order valence-corrected chi connectivity index (χ2v) is 1.68. The molecule has 0 rings (SSSR count). The van der Waals surface area contributed by atoms with Crippen LogP contribution in [-0.2, 0) is 4.74 Å². The van der Waals surface area contributed by atoms with Crippen molar-refractivity contribution in [1.29, 1.82) is 0 Å². The first kappa shape index (κ1) is 7.88. The van der Waals surface area contributed by atoms with Crippen LogP contribution in [0.4, 0.5) is 0 Å². The predicted molar refractivity (Wildman–Crippen MR) is 31.3 cm³/mol. The molecule has 50 valence electrons. The Balaban J connectivity index is 2.92. The largest absolute Gasteiger partial charge is 0.371 e. The lowest BCUT2D eigenvalue weighted by Crippen LogP contribution is -2.14. The summed E-state index contributed by atoms with van der Waals surface area (Å²) in [5.41, 5.74) is 5.20. The second kappa shape index (κ2) is 5.03. The van der Waals surface area contributed by atoms with Gasteiger partial charge >= 0.3 is 0 Å². The van der Waals surface area contributed by atoms with Gasteiger partial charge in [-0.15, -0.1) is 0 Å². The fourth-order valence-corrected chi connectivity index (χ4v) is 0.445. The van der Waals surface area contributed by atoms with Crippen molar-refractivity contribution in [3.8, 4) is 0 Å². The Morgan fingerprint density at radius 2 is 2.38 bits per heavy atom. The zero-order valence-corrected chi connectivity index (χ0v) is 5.13. The summed E-state index contributed by atoms with van der Waals surface area (Å²) in [6, 6.07) is 0. The van der Waals surface area contributed by atoms with Crippen molar-refractivity contribution in [2.24, 2.45) is 5.73 Å². The van der Waals surface area contributed by atoms with Crippen molar-refractivity contribution in [2.45, 2.75) is 19.4 Å². The molecule has 1 atom stereocenters. The Morgan fingerprint density at radius 1 is 1.75 bits per heavy atom. The van der Waals surface area contributed by atoms with E-state index in [2.05, 4.69) is 0 Å². The Hall–Kier alpha value is -0.120. The number of hydrogen-bond donors (Lipinski definition) is 2. The summed E-state index contributed by atoms with van der Waals surface area (Å²) in [5, 5.41) is 8.20. The van der Waals surface area contributed by atoms with E-state index in [1.54, 1.807) is 0 Å². The smallest absolute Gasteiger partial charge is 0.143 e. The minimum Gasteiger partial charge on any atom is -0.371 e. The van der Waals surface area contributed by atoms with Crippen LogP contribution in [0.1, 0.15) is 13.3 Å². The van der Waals surface area contributed by atoms with Gasteiger partial charge < -0.3 is 15.6 Å². The Morgan fingerprint density at radius 3 is 2.75 bits per heavy atom. The molecule has 3 heteroatoms. The maximum absolute atomic E-state index is 8.20. The number of ether oxygens (including phenoxy) is 1. The molecule has 0 fully saturated rings. The van der Waals surface area contributed by atoms with Gasteiger partial charge in [0.25, 0.3) is 0 Å². The molecule has 0 amide bonds. The standard InChI is InChI=1S/C5H13NO2/c1-5(2-3-6)8-4-7/h5,7H,2-4,6H2,1H3/t5-/m1/s1. The average molecular weight is 119 g/mol. The van der Waals surface area contributed by atoms with E-state index < -0.39 is 0 Å². The molecular formula is C5H13NO2. The Bertz CT molecular complexity index is 43.7. The maximum Gasteiger partial charge on any atom is 0.143 e. The van der Waals surface area contributed by atoms with E-state index in [0.29, 0.717) is 6.54 Å². The van der Waals surface area contributed by atoms with Gasteiger partial charge in [-0.1, -0.05) is 0 Å². The molecule has 3 N–H and O–H groups in total. The zero-order chi connectivity index (χ0) is 6.41. The topological polar surface area (TPSA) is 55.5 Å². The minimum atomic E-state index is -0.207. The number of aliphatic hydroxyl groups is 1. The molecule has 0 spiro atoms. The van der Waals surface area contributed by atoms with Gasteiger partial charge in [0.15, 0.2) is 0 Å². The summed E-state index contributed by atoms with van der Waals surface area (Å²) >= 11 is 0. The lowest BCUT2D eigenvalue weighted by Gasteiger charge is -2.07. The van der Waals surface area contributed by atoms with Crippen LogP contribution in [0, 0.1) is 0 Å². The van der Waals surface area contributed by atoms with E-state index in [0.717, 1.165) is 6.42 Å². The summed E-state index contributed by atoms with van der Waals surface area (Å²) in [5.74, 6) is 0. The molecule has 0 aliphatic carbocycles. The molecular weight excluding hydrogens is 106 g/mol. The third-order valence-electron chi connectivity index (χ3n) is 0.932. The molecule has 0 aliphatic heterocycles. The van der Waals surface area contributed by atoms with E-state index in [9.17, 15) is 0 Å². The van der Waals surface area contributed by atoms with Crippen LogP contribution in [0.25, 0.3) is 0 Å². The highest BCUT2D eigenvalue weighted by atomic mass is 16.6. The van der Waals surface area contributed by atoms with Gasteiger partial charge in [-0.3, -0.25) is 0 Å². The SMILES string of the molecule is C[C@H](CCN)OCO. The lowest BCUT2D eigenvalue weighted by atomic mass is 10.3. The lowest BCUT2D eigenvalue weighted by molar-refractivity contribution is -0.0439. The predicted octanol–water partition coefficient (Wildman–Crippen LogP) is -0.310. The first-order valence-electron chi connectivity index (χ1n) is 2.73. The average Bonchev–Trinajstić information content (AvgIpc) is 1.68. The van der Waals surface area contributed by atoms with Gasteiger partial charge in [0.1, 0.15) is 6.79 Å². The third-order valence-corrected chi connectivity index (χ3v) is 0.932. The number of nitrogens with two attached hydrogens (primary N) is 1. The summed E-state index contributed by atoms with van der Waals surface area (Å²) in [4.78, 5) is 0. The highest BCUT2D eigenvalue weighted by Crippen LogP contribution is 1.92. The van der Waals surface area contributed by atoms with Crippen molar-refractivity contribution in [1.82, 2.24) is 0 Å². The van der Waals surface area contributed by atoms with Crippen molar-refractivity contribution >= 4 is 0 Å². The van der Waals surface area contributed by atoms with E-state index in [1.807, 2.05) is 6.92 Å². The highest BCUT2D eigenvalue weighted by molar-refractivity contribution is 4.47. The Labute approximate surface area is 49.4 Å². The molecule has 3 nitrogen and oxygen atoms in total. The van der Waals surface area contributed by atoms with Crippen LogP contribution >= 0.6 is 0 Å². The maximum atomic E-state index is 8.20. The number of hydrogen-bond acceptors (Lipinski definition) is 3. The fourth-order valence-electron chi connectivity index (χ4n) is 0.445. The van der Waals surface area contributed by atoms with Crippen molar-refractivity contribution < 1.29 is 9.84 Å². The molecule has 0 bridgehead atoms. The zero-order valence-electron chi connectivity index (χ0n) is 5.13. The van der Waals surface area contributed by atoms with Crippen LogP contribution in [0.15, 0.2) is 0 Å². The van der Waals surface area contributed by atoms with E-state index in [-0.39, 0.29) is 12.9 Å². The van der Waals surface area contributed by atoms with Gasteiger partial charge in [0.2, 0.25) is 0 Å². The van der Waals surface area contributed by atoms with Crippen LogP contribution in [0.3, 0.4) is 0 Å². The highest BCUT2D eigenvalue weighted by Gasteiger charge is 1.96. The first-order chi connectivity index (χ1) is 3.81. The summed E-state index contributed by atoms with van der Waals surface area (Å²) in [7, 11) is 0. The van der Waals surface area contributed by atoms with Crippen molar-refractivity contribution in [2.75, 3.05) is 13.3 Å². The fraction of sp³-hybridized carbons (Fsp3) is 1.00. The molecule has 0 aromatic carbocycles. The molecule has 0 aromatic heterocycles. The van der Waals surface area contributed by atoms with Gasteiger partial charge in [0.05, 0.1) is 6.10 Å². The van der Waals surface area contributed by atoms with Gasteiger partial charge in [-0.25, -0.2) is 0 Å². The van der Waals surface area contributed by atoms with Gasteiger partial charge in [-0.05, 0) is 19.9 Å². The summed E-state index contributed by atoms with van der Waals surface area (Å²) in [6.07, 6.45) is 0.894. The molecule has 0 aromatic rings. The summed E-state index contributed by atoms with van der Waals surface area (Å²) < 4.78 is 4.76. The quantitative estimate of drug-likeness (QED) is 0.499. The number of rotatable bonds is 4. The van der Waals surface area contributed by atoms with Crippen LogP contribution in [0.5, 0.6) is 0 Å². The Kier molecular flexibility index (Phi) is 4.95. The number of aliphatic hydroxyl groups excluding tert-OH is 1. The second-order valence-electron chi connectivity index (χ2n) is 1.68. The minimum absolute atomic E-state index is 0.0880. The molecule has 0 unspecified atom stereocenters. The molecule has 0 radical (unpaired) electrons. The van der Waals surface area contributed by atoms with Gasteiger partial charge in [-0.2, -0.15) is 0 Å². The molecule has 0 saturated carbocycles. The van der Waals surface area contributed by atoms with Crippen LogP contribution in [0.2, 0.25) is 0 Å². The van der Waals surface area contributed by atoms with E-state index in [4.69, 9.17) is 15.6 Å². The summed E-state index contributed by atoms with van der Waals surface area (Å²) in [6.45, 7) is 2.28.